The first-order valence-corrected chi connectivity index (χ1v) is 23.6. The van der Waals surface area contributed by atoms with Crippen LogP contribution in [0.4, 0.5) is 20.5 Å². The minimum Gasteiger partial charge on any atom is -0.495 e. The maximum atomic E-state index is 15.3. The van der Waals surface area contributed by atoms with Crippen LogP contribution < -0.4 is 30.0 Å². The first-order valence-electron chi connectivity index (χ1n) is 22.9. The molecule has 5 heterocycles. The molecule has 0 saturated carbocycles. The molecule has 1 saturated heterocycles. The molecular formula is C53H54Cl2F2N10O7. The highest BCUT2D eigenvalue weighted by atomic mass is 35.5. The zero-order valence-electron chi connectivity index (χ0n) is 41.6. The number of halogens is 4. The number of aromatic nitrogens is 5. The van der Waals surface area contributed by atoms with E-state index in [9.17, 15) is 19.1 Å². The number of benzene rings is 4. The third-order valence-electron chi connectivity index (χ3n) is 11.9. The Morgan fingerprint density at radius 2 is 1.28 bits per heavy atom. The Kier molecular flexibility index (Phi) is 17.8. The second kappa shape index (κ2) is 24.4. The van der Waals surface area contributed by atoms with Crippen molar-refractivity contribution in [1.82, 2.24) is 39.6 Å². The number of carboxylic acids is 1. The minimum atomic E-state index is -1.12. The van der Waals surface area contributed by atoms with Crippen molar-refractivity contribution in [1.29, 1.82) is 0 Å². The predicted molar refractivity (Wildman–Crippen MR) is 283 cm³/mol. The second-order valence-corrected chi connectivity index (χ2v) is 17.9. The highest BCUT2D eigenvalue weighted by molar-refractivity contribution is 6.36. The number of fused-ring (bicyclic) bond motifs is 2. The largest absolute Gasteiger partial charge is 0.495 e. The Morgan fingerprint density at radius 3 is 1.77 bits per heavy atom. The number of carbonyl (C=O) groups excluding carboxylic acids is 1. The van der Waals surface area contributed by atoms with E-state index in [1.165, 1.54) is 64.5 Å². The molecule has 0 atom stereocenters. The highest BCUT2D eigenvalue weighted by Gasteiger charge is 2.26. The Balaban J connectivity index is 0.000000175. The number of rotatable bonds is 13. The van der Waals surface area contributed by atoms with E-state index in [0.29, 0.717) is 51.3 Å². The molecule has 0 unspecified atom stereocenters. The van der Waals surface area contributed by atoms with E-state index in [1.54, 1.807) is 48.8 Å². The van der Waals surface area contributed by atoms with Crippen molar-refractivity contribution in [3.8, 4) is 45.3 Å². The third kappa shape index (κ3) is 12.2. The topological polar surface area (TPSA) is 206 Å². The molecule has 9 rings (SSSR count). The van der Waals surface area contributed by atoms with Crippen LogP contribution in [0.2, 0.25) is 10.0 Å². The molecule has 0 radical (unpaired) electrons. The van der Waals surface area contributed by atoms with E-state index in [2.05, 4.69) is 53.2 Å². The molecule has 4 aromatic heterocycles. The number of H-pyrrole nitrogens is 1. The molecule has 5 N–H and O–H groups in total. The number of nitrogen functional groups attached to an aromatic ring is 1. The minimum absolute atomic E-state index is 0.0125. The number of ether oxygens (including phenoxy) is 4. The number of carbonyl (C=O) groups is 2. The number of piperazine rings is 1. The van der Waals surface area contributed by atoms with Crippen molar-refractivity contribution in [3.05, 3.63) is 142 Å². The molecule has 1 amide bonds. The molecule has 21 heteroatoms. The Labute approximate surface area is 435 Å². The van der Waals surface area contributed by atoms with Crippen LogP contribution >= 0.6 is 23.2 Å². The molecule has 1 aliphatic rings. The van der Waals surface area contributed by atoms with E-state index >= 15 is 4.39 Å². The fourth-order valence-electron chi connectivity index (χ4n) is 8.18. The SMILES string of the molecule is CN1CCN(Cc2ccc(N)nc2)CC1.COc1cc(OC)c(Cl)c(-c2ccc(C(=O)Nc3nc(CN(C)C)c[nH]3)c3ncccc23)c1F.COc1cc(OC)c(Cl)c(-c2ccc(C(=O)O)c3ncccc23)c1F. The van der Waals surface area contributed by atoms with Crippen LogP contribution in [-0.4, -0.2) is 132 Å². The van der Waals surface area contributed by atoms with Crippen molar-refractivity contribution in [2.45, 2.75) is 13.1 Å². The number of aromatic amines is 1. The van der Waals surface area contributed by atoms with Gasteiger partial charge in [0.05, 0.1) is 66.3 Å². The number of nitrogens with two attached hydrogens (primary N) is 1. The number of imidazole rings is 1. The van der Waals surface area contributed by atoms with Gasteiger partial charge in [0.2, 0.25) is 5.95 Å². The van der Waals surface area contributed by atoms with E-state index in [4.69, 9.17) is 47.9 Å². The monoisotopic (exact) mass is 1050 g/mol. The van der Waals surface area contributed by atoms with Gasteiger partial charge in [0.15, 0.2) is 23.1 Å². The fraction of sp³-hybridized carbons (Fsp3) is 0.245. The van der Waals surface area contributed by atoms with Gasteiger partial charge in [-0.3, -0.25) is 25.0 Å². The van der Waals surface area contributed by atoms with Crippen LogP contribution in [0.1, 0.15) is 32.0 Å². The maximum Gasteiger partial charge on any atom is 0.337 e. The van der Waals surface area contributed by atoms with Crippen LogP contribution in [0.25, 0.3) is 44.1 Å². The van der Waals surface area contributed by atoms with Crippen molar-refractivity contribution < 1.29 is 42.4 Å². The molecule has 4 aromatic carbocycles. The summed E-state index contributed by atoms with van der Waals surface area (Å²) in [5.74, 6) is -1.45. The van der Waals surface area contributed by atoms with E-state index in [-0.39, 0.29) is 55.3 Å². The number of pyridine rings is 3. The van der Waals surface area contributed by atoms with Crippen LogP contribution in [0.3, 0.4) is 0 Å². The van der Waals surface area contributed by atoms with Gasteiger partial charge in [0, 0.05) is 98.1 Å². The van der Waals surface area contributed by atoms with Gasteiger partial charge in [-0.1, -0.05) is 53.5 Å². The molecular weight excluding hydrogens is 998 g/mol. The van der Waals surface area contributed by atoms with Crippen molar-refractivity contribution >= 4 is 68.7 Å². The Morgan fingerprint density at radius 1 is 0.757 bits per heavy atom. The maximum absolute atomic E-state index is 15.3. The molecule has 0 spiro atoms. The number of likely N-dealkylation sites (N-methyl/N-ethyl adjacent to an activating group) is 1. The zero-order chi connectivity index (χ0) is 53.2. The summed E-state index contributed by atoms with van der Waals surface area (Å²) in [6.45, 7) is 6.20. The molecule has 74 heavy (non-hydrogen) atoms. The van der Waals surface area contributed by atoms with Crippen molar-refractivity contribution in [3.63, 3.8) is 0 Å². The summed E-state index contributed by atoms with van der Waals surface area (Å²) in [7, 11) is 11.6. The van der Waals surface area contributed by atoms with E-state index in [0.717, 1.165) is 38.4 Å². The summed E-state index contributed by atoms with van der Waals surface area (Å²) in [5, 5.41) is 13.2. The second-order valence-electron chi connectivity index (χ2n) is 17.1. The summed E-state index contributed by atoms with van der Waals surface area (Å²) in [5.41, 5.74) is 9.53. The Bertz CT molecular complexity index is 3250. The van der Waals surface area contributed by atoms with Crippen LogP contribution in [-0.2, 0) is 13.1 Å². The number of hydrogen-bond donors (Lipinski definition) is 4. The average Bonchev–Trinajstić information content (AvgIpc) is 3.83. The number of nitrogens with zero attached hydrogens (tertiary/aromatic N) is 7. The number of anilines is 2. The number of aromatic carboxylic acids is 1. The number of carboxylic acid groups (broad SMARTS) is 1. The summed E-state index contributed by atoms with van der Waals surface area (Å²) >= 11 is 12.8. The average molecular weight is 1050 g/mol. The summed E-state index contributed by atoms with van der Waals surface area (Å²) in [6.07, 6.45) is 6.64. The molecule has 386 valence electrons. The van der Waals surface area contributed by atoms with Crippen LogP contribution in [0.15, 0.2) is 97.6 Å². The predicted octanol–water partition coefficient (Wildman–Crippen LogP) is 9.57. The van der Waals surface area contributed by atoms with E-state index in [1.807, 2.05) is 31.3 Å². The van der Waals surface area contributed by atoms with Gasteiger partial charge in [-0.15, -0.1) is 0 Å². The molecule has 1 aliphatic heterocycles. The molecule has 8 aromatic rings. The number of nitrogens with one attached hydrogen (secondary N) is 2. The van der Waals surface area contributed by atoms with Gasteiger partial charge < -0.3 is 44.6 Å². The lowest BCUT2D eigenvalue weighted by molar-refractivity contribution is 0.0698. The lowest BCUT2D eigenvalue weighted by Crippen LogP contribution is -2.43. The zero-order valence-corrected chi connectivity index (χ0v) is 43.1. The highest BCUT2D eigenvalue weighted by Crippen LogP contribution is 2.46. The molecule has 1 fully saturated rings. The van der Waals surface area contributed by atoms with Gasteiger partial charge in [-0.2, -0.15) is 0 Å². The first kappa shape index (κ1) is 54.1. The van der Waals surface area contributed by atoms with Gasteiger partial charge in [0.1, 0.15) is 17.3 Å². The molecule has 0 aliphatic carbocycles. The van der Waals surface area contributed by atoms with Crippen LogP contribution in [0, 0.1) is 11.6 Å². The van der Waals surface area contributed by atoms with Gasteiger partial charge in [-0.25, -0.2) is 23.5 Å². The molecule has 0 bridgehead atoms. The number of hydrogen-bond acceptors (Lipinski definition) is 14. The number of amides is 1. The normalized spacial score (nSPS) is 12.6. The smallest absolute Gasteiger partial charge is 0.337 e. The standard InChI is InChI=1S/C24H23ClFN5O3.C18H13ClFNO4.C11H18N4/c1-31(2)12-13-11-28-24(29-13)30-23(32)16-8-7-14(15-6-5-9-27-22(15)16)19-20(25)17(33-3)10-18(34-4)21(19)26;1-24-12-8-13(25-2)16(20)14(15(12)19)9-5-6-11(18(22)23)17-10(9)4-3-7-21-17;1-14-4-6-15(7-5-14)9-10-2-3-11(12)13-8-10/h5-11H,12H2,1-4H3,(H2,28,29,30,32);3-8H,1-2H3,(H,22,23);2-3,8H,4-7,9H2,1H3,(H2,12,13). The summed E-state index contributed by atoms with van der Waals surface area (Å²) in [6, 6.07) is 19.5. The van der Waals surface area contributed by atoms with Gasteiger partial charge in [0.25, 0.3) is 5.91 Å². The lowest BCUT2D eigenvalue weighted by Gasteiger charge is -2.32. The van der Waals surface area contributed by atoms with Gasteiger partial charge >= 0.3 is 5.97 Å². The van der Waals surface area contributed by atoms with Gasteiger partial charge in [-0.05, 0) is 68.2 Å². The summed E-state index contributed by atoms with van der Waals surface area (Å²) < 4.78 is 51.0. The fourth-order valence-corrected chi connectivity index (χ4v) is 8.81. The third-order valence-corrected chi connectivity index (χ3v) is 12.6. The summed E-state index contributed by atoms with van der Waals surface area (Å²) in [4.78, 5) is 51.2. The van der Waals surface area contributed by atoms with Crippen molar-refractivity contribution in [2.75, 3.05) is 86.8 Å². The quantitative estimate of drug-likeness (QED) is 0.0848. The van der Waals surface area contributed by atoms with Crippen molar-refractivity contribution in [2.24, 2.45) is 0 Å². The first-order chi connectivity index (χ1) is 35.6. The van der Waals surface area contributed by atoms with E-state index < -0.39 is 23.5 Å². The Hall–Kier alpha value is -7.68. The molecule has 17 nitrogen and oxygen atoms in total. The lowest BCUT2D eigenvalue weighted by atomic mass is 9.96. The number of methoxy groups -OCH3 is 4. The van der Waals surface area contributed by atoms with Crippen LogP contribution in [0.5, 0.6) is 23.0 Å².